The quantitative estimate of drug-likeness (QED) is 0.886. The number of nitrogens with one attached hydrogen (secondary N) is 1. The van der Waals surface area contributed by atoms with Gasteiger partial charge in [-0.05, 0) is 43.2 Å². The molecule has 1 fully saturated rings. The number of carbonyl (C=O) groups excluding carboxylic acids is 2. The van der Waals surface area contributed by atoms with Gasteiger partial charge < -0.3 is 19.4 Å². The summed E-state index contributed by atoms with van der Waals surface area (Å²) in [6.45, 7) is -1.94. The minimum absolute atomic E-state index is 0.0634. The maximum Gasteiger partial charge on any atom is 0.387 e. The van der Waals surface area contributed by atoms with E-state index in [2.05, 4.69) is 10.1 Å². The number of benzene rings is 1. The van der Waals surface area contributed by atoms with Crippen molar-refractivity contribution in [3.8, 4) is 5.75 Å². The van der Waals surface area contributed by atoms with Crippen molar-refractivity contribution in [2.24, 2.45) is 0 Å². The number of piperidine rings is 1. The third-order valence-electron chi connectivity index (χ3n) is 4.17. The molecule has 1 aromatic heterocycles. The van der Waals surface area contributed by atoms with Crippen LogP contribution in [0.15, 0.2) is 47.1 Å². The Labute approximate surface area is 148 Å². The summed E-state index contributed by atoms with van der Waals surface area (Å²) < 4.78 is 34.0. The van der Waals surface area contributed by atoms with Gasteiger partial charge in [0.15, 0.2) is 5.76 Å². The highest BCUT2D eigenvalue weighted by Gasteiger charge is 2.26. The molecule has 3 rings (SSSR count). The van der Waals surface area contributed by atoms with Crippen LogP contribution in [0.25, 0.3) is 0 Å². The molecule has 1 aliphatic heterocycles. The highest BCUT2D eigenvalue weighted by atomic mass is 19.3. The number of alkyl halides is 2. The lowest BCUT2D eigenvalue weighted by Crippen LogP contribution is -2.46. The van der Waals surface area contributed by atoms with E-state index < -0.39 is 6.61 Å². The number of amides is 2. The number of halogens is 2. The number of rotatable bonds is 5. The van der Waals surface area contributed by atoms with E-state index in [9.17, 15) is 18.4 Å². The largest absolute Gasteiger partial charge is 0.459 e. The van der Waals surface area contributed by atoms with Gasteiger partial charge in [-0.25, -0.2) is 0 Å². The number of likely N-dealkylation sites (tertiary alicyclic amines) is 1. The van der Waals surface area contributed by atoms with Gasteiger partial charge in [0.25, 0.3) is 11.8 Å². The van der Waals surface area contributed by atoms with Crippen LogP contribution < -0.4 is 10.1 Å². The molecule has 8 heteroatoms. The maximum atomic E-state index is 12.3. The Morgan fingerprint density at radius 3 is 2.62 bits per heavy atom. The summed E-state index contributed by atoms with van der Waals surface area (Å²) in [5.74, 6) is -0.299. The summed E-state index contributed by atoms with van der Waals surface area (Å²) >= 11 is 0. The summed E-state index contributed by atoms with van der Waals surface area (Å²) in [7, 11) is 0. The van der Waals surface area contributed by atoms with Gasteiger partial charge in [0.05, 0.1) is 6.26 Å². The van der Waals surface area contributed by atoms with Gasteiger partial charge in [0.2, 0.25) is 0 Å². The molecular formula is C18H18F2N2O4. The van der Waals surface area contributed by atoms with E-state index in [-0.39, 0.29) is 29.2 Å². The average Bonchev–Trinajstić information content (AvgIpc) is 3.16. The molecule has 138 valence electrons. The third-order valence-corrected chi connectivity index (χ3v) is 4.17. The van der Waals surface area contributed by atoms with Crippen molar-refractivity contribution in [3.63, 3.8) is 0 Å². The molecule has 1 aromatic carbocycles. The standard InChI is InChI=1S/C18H18F2N2O4/c19-18(20)26-14-4-1-3-12(11-14)16(23)21-13-6-8-22(9-7-13)17(24)15-5-2-10-25-15/h1-5,10-11,13,18H,6-9H2,(H,21,23). The minimum atomic E-state index is -2.94. The number of furan rings is 1. The number of hydrogen-bond donors (Lipinski definition) is 1. The Morgan fingerprint density at radius 1 is 1.19 bits per heavy atom. The molecule has 0 saturated carbocycles. The predicted octanol–water partition coefficient (Wildman–Crippen LogP) is 2.92. The van der Waals surface area contributed by atoms with E-state index in [1.54, 1.807) is 17.0 Å². The van der Waals surface area contributed by atoms with Crippen LogP contribution in [0.1, 0.15) is 33.8 Å². The third kappa shape index (κ3) is 4.38. The molecule has 0 unspecified atom stereocenters. The van der Waals surface area contributed by atoms with E-state index >= 15 is 0 Å². The molecule has 1 N–H and O–H groups in total. The van der Waals surface area contributed by atoms with Gasteiger partial charge in [-0.2, -0.15) is 8.78 Å². The minimum Gasteiger partial charge on any atom is -0.459 e. The molecule has 0 radical (unpaired) electrons. The van der Waals surface area contributed by atoms with E-state index in [4.69, 9.17) is 4.42 Å². The Kier molecular flexibility index (Phi) is 5.50. The van der Waals surface area contributed by atoms with Crippen LogP contribution in [0.2, 0.25) is 0 Å². The first-order chi connectivity index (χ1) is 12.5. The smallest absolute Gasteiger partial charge is 0.387 e. The van der Waals surface area contributed by atoms with Crippen LogP contribution in [-0.4, -0.2) is 42.5 Å². The molecule has 0 spiro atoms. The molecule has 6 nitrogen and oxygen atoms in total. The van der Waals surface area contributed by atoms with Crippen LogP contribution in [0.4, 0.5) is 8.78 Å². The Balaban J connectivity index is 1.53. The van der Waals surface area contributed by atoms with Crippen molar-refractivity contribution in [3.05, 3.63) is 54.0 Å². The molecule has 26 heavy (non-hydrogen) atoms. The topological polar surface area (TPSA) is 71.8 Å². The Hall–Kier alpha value is -2.90. The molecule has 2 amide bonds. The Bertz CT molecular complexity index is 756. The first-order valence-corrected chi connectivity index (χ1v) is 8.21. The summed E-state index contributed by atoms with van der Waals surface area (Å²) in [4.78, 5) is 26.2. The Morgan fingerprint density at radius 2 is 1.96 bits per heavy atom. The monoisotopic (exact) mass is 364 g/mol. The maximum absolute atomic E-state index is 12.3. The van der Waals surface area contributed by atoms with E-state index in [0.717, 1.165) is 0 Å². The van der Waals surface area contributed by atoms with E-state index in [0.29, 0.717) is 31.7 Å². The van der Waals surface area contributed by atoms with Crippen molar-refractivity contribution >= 4 is 11.8 Å². The fourth-order valence-electron chi connectivity index (χ4n) is 2.87. The second-order valence-electron chi connectivity index (χ2n) is 5.92. The highest BCUT2D eigenvalue weighted by Crippen LogP contribution is 2.18. The molecule has 2 aromatic rings. The van der Waals surface area contributed by atoms with Gasteiger partial charge in [-0.3, -0.25) is 9.59 Å². The van der Waals surface area contributed by atoms with Gasteiger partial charge in [-0.1, -0.05) is 6.07 Å². The molecule has 2 heterocycles. The van der Waals surface area contributed by atoms with Crippen LogP contribution in [0.3, 0.4) is 0 Å². The fourth-order valence-corrected chi connectivity index (χ4v) is 2.87. The van der Waals surface area contributed by atoms with Crippen molar-refractivity contribution in [2.45, 2.75) is 25.5 Å². The summed E-state index contributed by atoms with van der Waals surface area (Å²) in [5, 5.41) is 2.87. The van der Waals surface area contributed by atoms with Crippen LogP contribution >= 0.6 is 0 Å². The second-order valence-corrected chi connectivity index (χ2v) is 5.92. The summed E-state index contributed by atoms with van der Waals surface area (Å²) in [5.41, 5.74) is 0.247. The zero-order valence-corrected chi connectivity index (χ0v) is 13.9. The zero-order chi connectivity index (χ0) is 18.5. The fraction of sp³-hybridized carbons (Fsp3) is 0.333. The zero-order valence-electron chi connectivity index (χ0n) is 13.9. The highest BCUT2D eigenvalue weighted by molar-refractivity contribution is 5.95. The molecule has 0 atom stereocenters. The van der Waals surface area contributed by atoms with Crippen molar-refractivity contribution in [1.29, 1.82) is 0 Å². The van der Waals surface area contributed by atoms with Crippen LogP contribution in [-0.2, 0) is 0 Å². The normalized spacial score (nSPS) is 15.1. The van der Waals surface area contributed by atoms with Gasteiger partial charge in [0, 0.05) is 24.7 Å². The summed E-state index contributed by atoms with van der Waals surface area (Å²) in [6.07, 6.45) is 2.66. The lowest BCUT2D eigenvalue weighted by Gasteiger charge is -2.31. The van der Waals surface area contributed by atoms with Crippen molar-refractivity contribution < 1.29 is 27.5 Å². The van der Waals surface area contributed by atoms with E-state index in [1.807, 2.05) is 0 Å². The lowest BCUT2D eigenvalue weighted by molar-refractivity contribution is -0.0498. The van der Waals surface area contributed by atoms with Gasteiger partial charge in [0.1, 0.15) is 5.75 Å². The van der Waals surface area contributed by atoms with Crippen LogP contribution in [0.5, 0.6) is 5.75 Å². The SMILES string of the molecule is O=C(NC1CCN(C(=O)c2ccco2)CC1)c1cccc(OC(F)F)c1. The molecule has 1 aliphatic rings. The lowest BCUT2D eigenvalue weighted by atomic mass is 10.0. The second kappa shape index (κ2) is 7.99. The first-order valence-electron chi connectivity index (χ1n) is 8.21. The molecule has 0 aliphatic carbocycles. The van der Waals surface area contributed by atoms with Crippen LogP contribution in [0, 0.1) is 0 Å². The van der Waals surface area contributed by atoms with E-state index in [1.165, 1.54) is 30.5 Å². The number of hydrogen-bond acceptors (Lipinski definition) is 4. The van der Waals surface area contributed by atoms with Gasteiger partial charge in [-0.15, -0.1) is 0 Å². The summed E-state index contributed by atoms with van der Waals surface area (Å²) in [6, 6.07) is 8.83. The van der Waals surface area contributed by atoms with Gasteiger partial charge >= 0.3 is 6.61 Å². The number of nitrogens with zero attached hydrogens (tertiary/aromatic N) is 1. The molecule has 0 bridgehead atoms. The molecule has 1 saturated heterocycles. The first kappa shape index (κ1) is 17.9. The molecular weight excluding hydrogens is 346 g/mol. The van der Waals surface area contributed by atoms with Crippen molar-refractivity contribution in [1.82, 2.24) is 10.2 Å². The number of carbonyl (C=O) groups is 2. The van der Waals surface area contributed by atoms with Crippen molar-refractivity contribution in [2.75, 3.05) is 13.1 Å². The predicted molar refractivity (Wildman–Crippen MR) is 88.2 cm³/mol. The number of ether oxygens (including phenoxy) is 1. The average molecular weight is 364 g/mol.